The van der Waals surface area contributed by atoms with Crippen molar-refractivity contribution in [1.82, 2.24) is 4.90 Å². The van der Waals surface area contributed by atoms with E-state index >= 15 is 0 Å². The van der Waals surface area contributed by atoms with E-state index in [1.165, 1.54) is 12.1 Å². The number of aliphatic hydroxyl groups excluding tert-OH is 1. The standard InChI is InChI=1S/C24H29FN2O3/c1-3-11-29-17-21(28)15-27(14-19-8-6-9-20(25)12-19)16-22-13-24(26-30-22)23-10-5-4-7-18(23)2/h3-10,12,21-22,28H,1,11,13-17H2,2H3. The smallest absolute Gasteiger partial charge is 0.145 e. The molecule has 2 aromatic rings. The Balaban J connectivity index is 1.63. The minimum absolute atomic E-state index is 0.130. The number of hydrogen-bond donors (Lipinski definition) is 1. The monoisotopic (exact) mass is 412 g/mol. The third-order valence-electron chi connectivity index (χ3n) is 4.96. The van der Waals surface area contributed by atoms with Gasteiger partial charge in [-0.1, -0.05) is 47.6 Å². The fourth-order valence-corrected chi connectivity index (χ4v) is 3.61. The maximum Gasteiger partial charge on any atom is 0.145 e. The van der Waals surface area contributed by atoms with Gasteiger partial charge in [-0.3, -0.25) is 4.90 Å². The molecule has 0 aromatic heterocycles. The molecule has 0 bridgehead atoms. The first-order valence-corrected chi connectivity index (χ1v) is 10.2. The quantitative estimate of drug-likeness (QED) is 0.452. The van der Waals surface area contributed by atoms with Gasteiger partial charge in [-0.05, 0) is 30.2 Å². The fraction of sp³-hybridized carbons (Fsp3) is 0.375. The summed E-state index contributed by atoms with van der Waals surface area (Å²) in [4.78, 5) is 7.75. The highest BCUT2D eigenvalue weighted by Gasteiger charge is 2.26. The van der Waals surface area contributed by atoms with E-state index < -0.39 is 6.10 Å². The third kappa shape index (κ3) is 6.49. The molecule has 2 atom stereocenters. The van der Waals surface area contributed by atoms with Crippen LogP contribution in [0.25, 0.3) is 0 Å². The normalized spacial score (nSPS) is 16.9. The van der Waals surface area contributed by atoms with Gasteiger partial charge in [0.1, 0.15) is 11.9 Å². The number of aryl methyl sites for hydroxylation is 1. The molecule has 0 aliphatic carbocycles. The lowest BCUT2D eigenvalue weighted by Crippen LogP contribution is -2.39. The summed E-state index contributed by atoms with van der Waals surface area (Å²) in [6.07, 6.45) is 1.54. The number of rotatable bonds is 11. The summed E-state index contributed by atoms with van der Waals surface area (Å²) in [5.41, 5.74) is 4.02. The van der Waals surface area contributed by atoms with Gasteiger partial charge in [-0.2, -0.15) is 0 Å². The molecule has 0 saturated heterocycles. The van der Waals surface area contributed by atoms with Crippen LogP contribution in [0.3, 0.4) is 0 Å². The number of ether oxygens (including phenoxy) is 1. The van der Waals surface area contributed by atoms with Gasteiger partial charge in [0.25, 0.3) is 0 Å². The van der Waals surface area contributed by atoms with Crippen molar-refractivity contribution in [2.75, 3.05) is 26.3 Å². The average molecular weight is 413 g/mol. The van der Waals surface area contributed by atoms with Crippen LogP contribution in [-0.2, 0) is 16.1 Å². The Morgan fingerprint density at radius 3 is 2.93 bits per heavy atom. The number of aliphatic hydroxyl groups is 1. The van der Waals surface area contributed by atoms with Gasteiger partial charge in [0.2, 0.25) is 0 Å². The molecule has 2 unspecified atom stereocenters. The van der Waals surface area contributed by atoms with Crippen molar-refractivity contribution in [2.45, 2.75) is 32.1 Å². The molecule has 1 aliphatic rings. The molecule has 5 nitrogen and oxygen atoms in total. The van der Waals surface area contributed by atoms with Crippen molar-refractivity contribution in [2.24, 2.45) is 5.16 Å². The second-order valence-electron chi connectivity index (χ2n) is 7.59. The van der Waals surface area contributed by atoms with Crippen LogP contribution in [0.1, 0.15) is 23.1 Å². The van der Waals surface area contributed by atoms with Crippen molar-refractivity contribution < 1.29 is 19.1 Å². The lowest BCUT2D eigenvalue weighted by Gasteiger charge is -2.27. The Hall–Kier alpha value is -2.54. The summed E-state index contributed by atoms with van der Waals surface area (Å²) in [5.74, 6) is -0.274. The maximum absolute atomic E-state index is 13.6. The minimum Gasteiger partial charge on any atom is -0.390 e. The number of nitrogens with zero attached hydrogens (tertiary/aromatic N) is 2. The second-order valence-corrected chi connectivity index (χ2v) is 7.59. The SMILES string of the molecule is C=CCOCC(O)CN(Cc1cccc(F)c1)CC1CC(c2ccccc2C)=NO1. The molecular formula is C24H29FN2O3. The summed E-state index contributed by atoms with van der Waals surface area (Å²) < 4.78 is 19.0. The van der Waals surface area contributed by atoms with E-state index in [-0.39, 0.29) is 18.5 Å². The molecule has 0 spiro atoms. The molecule has 1 heterocycles. The van der Waals surface area contributed by atoms with Gasteiger partial charge in [0, 0.05) is 31.6 Å². The Bertz CT molecular complexity index is 871. The number of oxime groups is 1. The van der Waals surface area contributed by atoms with E-state index in [1.54, 1.807) is 12.1 Å². The molecular weight excluding hydrogens is 383 g/mol. The van der Waals surface area contributed by atoms with Crippen LogP contribution >= 0.6 is 0 Å². The van der Waals surface area contributed by atoms with E-state index in [2.05, 4.69) is 29.6 Å². The lowest BCUT2D eigenvalue weighted by molar-refractivity contribution is 0.00334. The number of benzene rings is 2. The van der Waals surface area contributed by atoms with Gasteiger partial charge in [0.15, 0.2) is 0 Å². The largest absolute Gasteiger partial charge is 0.390 e. The highest BCUT2D eigenvalue weighted by molar-refractivity contribution is 6.02. The minimum atomic E-state index is -0.670. The number of hydrogen-bond acceptors (Lipinski definition) is 5. The van der Waals surface area contributed by atoms with Gasteiger partial charge in [-0.15, -0.1) is 6.58 Å². The molecule has 160 valence electrons. The summed E-state index contributed by atoms with van der Waals surface area (Å²) in [6.45, 7) is 7.71. The van der Waals surface area contributed by atoms with Gasteiger partial charge >= 0.3 is 0 Å². The topological polar surface area (TPSA) is 54.3 Å². The maximum atomic E-state index is 13.6. The lowest BCUT2D eigenvalue weighted by atomic mass is 10.00. The fourth-order valence-electron chi connectivity index (χ4n) is 3.61. The van der Waals surface area contributed by atoms with Crippen LogP contribution in [0.15, 0.2) is 66.3 Å². The van der Waals surface area contributed by atoms with Gasteiger partial charge in [-0.25, -0.2) is 4.39 Å². The highest BCUT2D eigenvalue weighted by Crippen LogP contribution is 2.21. The van der Waals surface area contributed by atoms with Crippen LogP contribution in [0.4, 0.5) is 4.39 Å². The summed E-state index contributed by atoms with van der Waals surface area (Å²) in [5, 5.41) is 14.7. The van der Waals surface area contributed by atoms with Crippen LogP contribution in [-0.4, -0.2) is 54.2 Å². The van der Waals surface area contributed by atoms with Gasteiger partial charge < -0.3 is 14.7 Å². The molecule has 2 aromatic carbocycles. The van der Waals surface area contributed by atoms with Crippen LogP contribution < -0.4 is 0 Å². The molecule has 0 fully saturated rings. The van der Waals surface area contributed by atoms with Crippen molar-refractivity contribution in [3.63, 3.8) is 0 Å². The first-order chi connectivity index (χ1) is 14.5. The Morgan fingerprint density at radius 2 is 2.17 bits per heavy atom. The van der Waals surface area contributed by atoms with E-state index in [1.807, 2.05) is 24.3 Å². The summed E-state index contributed by atoms with van der Waals surface area (Å²) >= 11 is 0. The first kappa shape index (κ1) is 22.2. The summed E-state index contributed by atoms with van der Waals surface area (Å²) in [7, 11) is 0. The summed E-state index contributed by atoms with van der Waals surface area (Å²) in [6, 6.07) is 14.6. The predicted octanol–water partition coefficient (Wildman–Crippen LogP) is 3.69. The Morgan fingerprint density at radius 1 is 1.33 bits per heavy atom. The molecule has 1 N–H and O–H groups in total. The third-order valence-corrected chi connectivity index (χ3v) is 4.96. The molecule has 1 aliphatic heterocycles. The van der Waals surface area contributed by atoms with Crippen molar-refractivity contribution in [1.29, 1.82) is 0 Å². The van der Waals surface area contributed by atoms with Crippen molar-refractivity contribution in [3.8, 4) is 0 Å². The zero-order valence-electron chi connectivity index (χ0n) is 17.3. The Labute approximate surface area is 177 Å². The zero-order chi connectivity index (χ0) is 21.3. The van der Waals surface area contributed by atoms with Gasteiger partial charge in [0.05, 0.1) is 25.0 Å². The first-order valence-electron chi connectivity index (χ1n) is 10.2. The second kappa shape index (κ2) is 11.0. The van der Waals surface area contributed by atoms with E-state index in [4.69, 9.17) is 9.57 Å². The molecule has 3 rings (SSSR count). The molecule has 0 amide bonds. The predicted molar refractivity (Wildman–Crippen MR) is 116 cm³/mol. The highest BCUT2D eigenvalue weighted by atomic mass is 19.1. The molecule has 0 saturated carbocycles. The molecule has 6 heteroatoms. The average Bonchev–Trinajstić information content (AvgIpc) is 3.16. The van der Waals surface area contributed by atoms with Crippen LogP contribution in [0, 0.1) is 12.7 Å². The van der Waals surface area contributed by atoms with Crippen molar-refractivity contribution >= 4 is 5.71 Å². The zero-order valence-corrected chi connectivity index (χ0v) is 17.3. The molecule has 0 radical (unpaired) electrons. The van der Waals surface area contributed by atoms with E-state index in [0.717, 1.165) is 22.4 Å². The van der Waals surface area contributed by atoms with Crippen molar-refractivity contribution in [3.05, 3.63) is 83.7 Å². The van der Waals surface area contributed by atoms with E-state index in [0.29, 0.717) is 32.7 Å². The van der Waals surface area contributed by atoms with Crippen LogP contribution in [0.5, 0.6) is 0 Å². The van der Waals surface area contributed by atoms with E-state index in [9.17, 15) is 9.50 Å². The number of halogens is 1. The Kier molecular flexibility index (Phi) is 8.13. The van der Waals surface area contributed by atoms with Crippen LogP contribution in [0.2, 0.25) is 0 Å². The molecule has 30 heavy (non-hydrogen) atoms.